The predicted octanol–water partition coefficient (Wildman–Crippen LogP) is 3.02. The Hall–Kier alpha value is -1.65. The minimum atomic E-state index is -0.0539. The average Bonchev–Trinajstić information content (AvgIpc) is 2.44. The smallest absolute Gasteiger partial charge is 0.146 e. The summed E-state index contributed by atoms with van der Waals surface area (Å²) in [4.78, 5) is 4.42. The van der Waals surface area contributed by atoms with Gasteiger partial charge in [0.15, 0.2) is 0 Å². The number of fused-ring (bicyclic) bond motifs is 1. The zero-order valence-corrected chi connectivity index (χ0v) is 13.2. The van der Waals surface area contributed by atoms with Gasteiger partial charge in [0.2, 0.25) is 0 Å². The van der Waals surface area contributed by atoms with E-state index in [9.17, 15) is 0 Å². The minimum Gasteiger partial charge on any atom is -0.484 e. The number of hydrogen-bond acceptors (Lipinski definition) is 4. The first-order valence-electron chi connectivity index (χ1n) is 7.24. The van der Waals surface area contributed by atoms with Crippen LogP contribution in [0.1, 0.15) is 20.8 Å². The maximum atomic E-state index is 6.11. The normalized spacial score (nSPS) is 13.3. The largest absolute Gasteiger partial charge is 0.484 e. The molecule has 2 aromatic rings. The molecule has 0 spiro atoms. The molecule has 21 heavy (non-hydrogen) atoms. The molecule has 1 unspecified atom stereocenters. The fraction of sp³-hybridized carbons (Fsp3) is 0.471. The van der Waals surface area contributed by atoms with Gasteiger partial charge in [-0.25, -0.2) is 0 Å². The number of pyridine rings is 1. The van der Waals surface area contributed by atoms with Gasteiger partial charge in [-0.1, -0.05) is 18.2 Å². The number of benzene rings is 1. The Morgan fingerprint density at radius 2 is 1.95 bits per heavy atom. The van der Waals surface area contributed by atoms with Crippen LogP contribution in [0.25, 0.3) is 10.9 Å². The van der Waals surface area contributed by atoms with Crippen molar-refractivity contribution in [2.45, 2.75) is 32.4 Å². The van der Waals surface area contributed by atoms with Crippen LogP contribution in [0.2, 0.25) is 0 Å². The predicted molar refractivity (Wildman–Crippen MR) is 85.8 cm³/mol. The Balaban J connectivity index is 2.15. The molecule has 1 N–H and O–H groups in total. The lowest BCUT2D eigenvalue weighted by molar-refractivity contribution is 0.0774. The number of ether oxygens (including phenoxy) is 2. The molecular formula is C17H24N2O2. The molecule has 0 aliphatic carbocycles. The number of nitrogens with zero attached hydrogens (tertiary/aromatic N) is 1. The number of rotatable bonds is 6. The van der Waals surface area contributed by atoms with Gasteiger partial charge in [-0.15, -0.1) is 0 Å². The number of hydrogen-bond donors (Lipinski definition) is 1. The summed E-state index contributed by atoms with van der Waals surface area (Å²) in [7, 11) is 1.69. The Kier molecular flexibility index (Phi) is 5.15. The summed E-state index contributed by atoms with van der Waals surface area (Å²) in [6.45, 7) is 7.66. The van der Waals surface area contributed by atoms with Crippen LogP contribution in [0.15, 0.2) is 36.5 Å². The quantitative estimate of drug-likeness (QED) is 0.887. The topological polar surface area (TPSA) is 43.4 Å². The third kappa shape index (κ3) is 4.69. The molecule has 4 nitrogen and oxygen atoms in total. The lowest BCUT2D eigenvalue weighted by Gasteiger charge is -2.25. The van der Waals surface area contributed by atoms with E-state index < -0.39 is 0 Å². The van der Waals surface area contributed by atoms with Crippen molar-refractivity contribution >= 4 is 10.9 Å². The molecule has 1 atom stereocenters. The maximum Gasteiger partial charge on any atom is 0.146 e. The third-order valence-corrected chi connectivity index (χ3v) is 3.10. The van der Waals surface area contributed by atoms with Crippen molar-refractivity contribution in [3.05, 3.63) is 36.5 Å². The molecule has 1 aromatic heterocycles. The Labute approximate surface area is 126 Å². The van der Waals surface area contributed by atoms with Crippen LogP contribution in [-0.4, -0.2) is 36.9 Å². The van der Waals surface area contributed by atoms with Crippen LogP contribution in [0.3, 0.4) is 0 Å². The maximum absolute atomic E-state index is 6.11. The van der Waals surface area contributed by atoms with E-state index in [1.54, 1.807) is 13.3 Å². The lowest BCUT2D eigenvalue weighted by Crippen LogP contribution is -2.44. The molecule has 2 rings (SSSR count). The van der Waals surface area contributed by atoms with E-state index in [0.717, 1.165) is 23.2 Å². The zero-order valence-electron chi connectivity index (χ0n) is 13.2. The molecule has 0 aliphatic heterocycles. The number of aromatic nitrogens is 1. The first-order valence-corrected chi connectivity index (χ1v) is 7.24. The summed E-state index contributed by atoms with van der Waals surface area (Å²) in [5.74, 6) is 0.797. The van der Waals surface area contributed by atoms with Gasteiger partial charge in [-0.3, -0.25) is 4.98 Å². The highest BCUT2D eigenvalue weighted by Gasteiger charge is 2.16. The van der Waals surface area contributed by atoms with Gasteiger partial charge in [-0.2, -0.15) is 0 Å². The summed E-state index contributed by atoms with van der Waals surface area (Å²) < 4.78 is 11.4. The molecule has 0 saturated carbocycles. The van der Waals surface area contributed by atoms with E-state index in [1.807, 2.05) is 30.3 Å². The molecule has 4 heteroatoms. The Bertz CT molecular complexity index is 573. The third-order valence-electron chi connectivity index (χ3n) is 3.10. The van der Waals surface area contributed by atoms with Crippen molar-refractivity contribution in [1.82, 2.24) is 10.3 Å². The van der Waals surface area contributed by atoms with Crippen LogP contribution in [0, 0.1) is 0 Å². The minimum absolute atomic E-state index is 0.0480. The summed E-state index contributed by atoms with van der Waals surface area (Å²) in [5, 5.41) is 4.53. The fourth-order valence-corrected chi connectivity index (χ4v) is 2.09. The van der Waals surface area contributed by atoms with Crippen molar-refractivity contribution in [2.24, 2.45) is 0 Å². The monoisotopic (exact) mass is 288 g/mol. The zero-order chi connectivity index (χ0) is 15.3. The van der Waals surface area contributed by atoms with Crippen molar-refractivity contribution in [3.63, 3.8) is 0 Å². The van der Waals surface area contributed by atoms with Gasteiger partial charge in [0.05, 0.1) is 6.61 Å². The van der Waals surface area contributed by atoms with Crippen LogP contribution in [0.5, 0.6) is 5.75 Å². The van der Waals surface area contributed by atoms with E-state index in [4.69, 9.17) is 9.47 Å². The van der Waals surface area contributed by atoms with Crippen molar-refractivity contribution in [1.29, 1.82) is 0 Å². The SMILES string of the molecule is COCC(CNC(C)(C)C)Oc1cccc2cccnc12. The summed E-state index contributed by atoms with van der Waals surface area (Å²) in [6, 6.07) is 9.94. The lowest BCUT2D eigenvalue weighted by atomic mass is 10.1. The second kappa shape index (κ2) is 6.87. The standard InChI is InChI=1S/C17H24N2O2/c1-17(2,3)19-11-14(12-20-4)21-15-9-5-7-13-8-6-10-18-16(13)15/h5-10,14,19H,11-12H2,1-4H3. The van der Waals surface area contributed by atoms with E-state index in [2.05, 4.69) is 31.1 Å². The summed E-state index contributed by atoms with van der Waals surface area (Å²) >= 11 is 0. The van der Waals surface area contributed by atoms with Crippen LogP contribution in [-0.2, 0) is 4.74 Å². The molecule has 0 saturated heterocycles. The summed E-state index contributed by atoms with van der Waals surface area (Å²) in [6.07, 6.45) is 1.73. The molecule has 0 radical (unpaired) electrons. The molecule has 0 fully saturated rings. The van der Waals surface area contributed by atoms with Crippen molar-refractivity contribution in [2.75, 3.05) is 20.3 Å². The second-order valence-electron chi connectivity index (χ2n) is 6.16. The van der Waals surface area contributed by atoms with E-state index in [0.29, 0.717) is 6.61 Å². The molecule has 1 aromatic carbocycles. The fourth-order valence-electron chi connectivity index (χ4n) is 2.09. The van der Waals surface area contributed by atoms with Gasteiger partial charge in [0.1, 0.15) is 17.4 Å². The molecular weight excluding hydrogens is 264 g/mol. The van der Waals surface area contributed by atoms with E-state index in [1.165, 1.54) is 0 Å². The molecule has 0 aliphatic rings. The van der Waals surface area contributed by atoms with Crippen LogP contribution < -0.4 is 10.1 Å². The first-order chi connectivity index (χ1) is 9.99. The molecule has 0 amide bonds. The van der Waals surface area contributed by atoms with Gasteiger partial charge >= 0.3 is 0 Å². The first kappa shape index (κ1) is 15.7. The summed E-state index contributed by atoms with van der Waals surface area (Å²) in [5.41, 5.74) is 0.934. The van der Waals surface area contributed by atoms with Gasteiger partial charge in [0.25, 0.3) is 0 Å². The number of nitrogens with one attached hydrogen (secondary N) is 1. The van der Waals surface area contributed by atoms with Crippen molar-refractivity contribution < 1.29 is 9.47 Å². The highest BCUT2D eigenvalue weighted by Crippen LogP contribution is 2.24. The van der Waals surface area contributed by atoms with Gasteiger partial charge in [-0.05, 0) is 32.9 Å². The molecule has 0 bridgehead atoms. The van der Waals surface area contributed by atoms with Crippen LogP contribution in [0.4, 0.5) is 0 Å². The Morgan fingerprint density at radius 3 is 2.67 bits per heavy atom. The van der Waals surface area contributed by atoms with Crippen LogP contribution >= 0.6 is 0 Å². The Morgan fingerprint density at radius 1 is 1.19 bits per heavy atom. The number of methoxy groups -OCH3 is 1. The highest BCUT2D eigenvalue weighted by atomic mass is 16.5. The molecule has 1 heterocycles. The molecule has 114 valence electrons. The second-order valence-corrected chi connectivity index (χ2v) is 6.16. The van der Waals surface area contributed by atoms with E-state index >= 15 is 0 Å². The van der Waals surface area contributed by atoms with Gasteiger partial charge < -0.3 is 14.8 Å². The average molecular weight is 288 g/mol. The van der Waals surface area contributed by atoms with Gasteiger partial charge in [0, 0.05) is 30.8 Å². The highest BCUT2D eigenvalue weighted by molar-refractivity contribution is 5.84. The van der Waals surface area contributed by atoms with E-state index in [-0.39, 0.29) is 11.6 Å². The number of para-hydroxylation sites is 1. The van der Waals surface area contributed by atoms with Crippen molar-refractivity contribution in [3.8, 4) is 5.75 Å².